The molecule has 1 aliphatic carbocycles. The standard InChI is InChI=1S/C16H17FN4O3/c17-11-5-9-14(22)10(16(23)24)7-21(8-1-2-8)15(9)20-13(11)12-6-18-3-4-19-12/h5,7-8,12,18-19H,1-4,6H2,(H,23,24). The maximum Gasteiger partial charge on any atom is 0.341 e. The molecule has 0 amide bonds. The maximum absolute atomic E-state index is 14.5. The largest absolute Gasteiger partial charge is 0.477 e. The molecule has 2 aromatic rings. The SMILES string of the molecule is O=C(O)c1cn(C2CC2)c2nc(C3CNCCN3)c(F)cc2c1=O. The average molecular weight is 332 g/mol. The Morgan fingerprint density at radius 2 is 2.17 bits per heavy atom. The average Bonchev–Trinajstić information content (AvgIpc) is 3.40. The molecule has 1 unspecified atom stereocenters. The van der Waals surface area contributed by atoms with Crippen molar-refractivity contribution in [1.82, 2.24) is 20.2 Å². The molecule has 0 bridgehead atoms. The van der Waals surface area contributed by atoms with Crippen molar-refractivity contribution < 1.29 is 14.3 Å². The van der Waals surface area contributed by atoms with Crippen LogP contribution in [-0.2, 0) is 0 Å². The summed E-state index contributed by atoms with van der Waals surface area (Å²) in [5, 5.41) is 15.6. The molecule has 4 rings (SSSR count). The summed E-state index contributed by atoms with van der Waals surface area (Å²) in [6, 6.07) is 0.973. The third kappa shape index (κ3) is 2.47. The Kier molecular flexibility index (Phi) is 3.58. The maximum atomic E-state index is 14.5. The van der Waals surface area contributed by atoms with E-state index in [0.717, 1.165) is 25.5 Å². The van der Waals surface area contributed by atoms with Crippen LogP contribution in [0.1, 0.15) is 41.0 Å². The molecule has 0 radical (unpaired) electrons. The second-order valence-electron chi connectivity index (χ2n) is 6.25. The van der Waals surface area contributed by atoms with Crippen molar-refractivity contribution >= 4 is 17.0 Å². The first-order chi connectivity index (χ1) is 11.6. The van der Waals surface area contributed by atoms with Gasteiger partial charge in [-0.15, -0.1) is 0 Å². The van der Waals surface area contributed by atoms with Crippen LogP contribution in [-0.4, -0.2) is 40.3 Å². The van der Waals surface area contributed by atoms with Crippen LogP contribution >= 0.6 is 0 Å². The van der Waals surface area contributed by atoms with Crippen molar-refractivity contribution in [2.24, 2.45) is 0 Å². The molecule has 1 saturated heterocycles. The van der Waals surface area contributed by atoms with E-state index in [2.05, 4.69) is 15.6 Å². The van der Waals surface area contributed by atoms with Gasteiger partial charge in [0.1, 0.15) is 17.0 Å². The van der Waals surface area contributed by atoms with Gasteiger partial charge in [0.15, 0.2) is 0 Å². The molecule has 2 aliphatic rings. The second-order valence-corrected chi connectivity index (χ2v) is 6.25. The summed E-state index contributed by atoms with van der Waals surface area (Å²) >= 11 is 0. The Bertz CT molecular complexity index is 885. The van der Waals surface area contributed by atoms with Gasteiger partial charge < -0.3 is 20.3 Å². The molecule has 7 nitrogen and oxygen atoms in total. The monoisotopic (exact) mass is 332 g/mol. The Hall–Kier alpha value is -2.32. The van der Waals surface area contributed by atoms with Gasteiger partial charge in [0, 0.05) is 31.9 Å². The molecule has 0 aromatic carbocycles. The predicted molar refractivity (Wildman–Crippen MR) is 84.8 cm³/mol. The van der Waals surface area contributed by atoms with E-state index in [4.69, 9.17) is 0 Å². The second kappa shape index (κ2) is 5.64. The highest BCUT2D eigenvalue weighted by Crippen LogP contribution is 2.37. The van der Waals surface area contributed by atoms with Crippen molar-refractivity contribution in [2.75, 3.05) is 19.6 Å². The first kappa shape index (κ1) is 15.2. The Labute approximate surface area is 136 Å². The number of nitrogens with one attached hydrogen (secondary N) is 2. The lowest BCUT2D eigenvalue weighted by molar-refractivity contribution is 0.0695. The Morgan fingerprint density at radius 3 is 2.79 bits per heavy atom. The normalized spacial score (nSPS) is 21.1. The van der Waals surface area contributed by atoms with E-state index >= 15 is 0 Å². The van der Waals surface area contributed by atoms with E-state index in [-0.39, 0.29) is 28.7 Å². The highest BCUT2D eigenvalue weighted by atomic mass is 19.1. The topological polar surface area (TPSA) is 96.2 Å². The zero-order chi connectivity index (χ0) is 16.8. The lowest BCUT2D eigenvalue weighted by Crippen LogP contribution is -2.43. The summed E-state index contributed by atoms with van der Waals surface area (Å²) in [6.45, 7) is 2.06. The molecule has 1 aliphatic heterocycles. The summed E-state index contributed by atoms with van der Waals surface area (Å²) in [5.74, 6) is -1.90. The number of fused-ring (bicyclic) bond motifs is 1. The van der Waals surface area contributed by atoms with Crippen LogP contribution in [0.5, 0.6) is 0 Å². The van der Waals surface area contributed by atoms with Gasteiger partial charge in [-0.2, -0.15) is 0 Å². The molecule has 8 heteroatoms. The fourth-order valence-electron chi connectivity index (χ4n) is 3.14. The number of halogens is 1. The minimum Gasteiger partial charge on any atom is -0.477 e. The van der Waals surface area contributed by atoms with Crippen molar-refractivity contribution in [3.63, 3.8) is 0 Å². The van der Waals surface area contributed by atoms with Gasteiger partial charge in [0.25, 0.3) is 0 Å². The lowest BCUT2D eigenvalue weighted by atomic mass is 10.1. The third-order valence-corrected chi connectivity index (χ3v) is 4.53. The van der Waals surface area contributed by atoms with Gasteiger partial charge >= 0.3 is 5.97 Å². The van der Waals surface area contributed by atoms with Crippen LogP contribution in [0.2, 0.25) is 0 Å². The van der Waals surface area contributed by atoms with Crippen LogP contribution in [0.4, 0.5) is 4.39 Å². The van der Waals surface area contributed by atoms with Crippen molar-refractivity contribution in [3.8, 4) is 0 Å². The molecule has 3 heterocycles. The number of nitrogens with zero attached hydrogens (tertiary/aromatic N) is 2. The fraction of sp³-hybridized carbons (Fsp3) is 0.438. The van der Waals surface area contributed by atoms with E-state index < -0.39 is 17.2 Å². The first-order valence-electron chi connectivity index (χ1n) is 7.99. The van der Waals surface area contributed by atoms with Gasteiger partial charge in [-0.25, -0.2) is 14.2 Å². The quantitative estimate of drug-likeness (QED) is 0.769. The van der Waals surface area contributed by atoms with Gasteiger partial charge in [0.2, 0.25) is 5.43 Å². The lowest BCUT2D eigenvalue weighted by Gasteiger charge is -2.25. The third-order valence-electron chi connectivity index (χ3n) is 4.53. The number of aromatic nitrogens is 2. The van der Waals surface area contributed by atoms with Crippen LogP contribution < -0.4 is 16.1 Å². The molecule has 2 aromatic heterocycles. The molecule has 24 heavy (non-hydrogen) atoms. The number of hydrogen-bond donors (Lipinski definition) is 3. The highest BCUT2D eigenvalue weighted by molar-refractivity contribution is 5.91. The van der Waals surface area contributed by atoms with E-state index in [1.165, 1.54) is 6.20 Å². The Morgan fingerprint density at radius 1 is 1.38 bits per heavy atom. The molecule has 1 saturated carbocycles. The van der Waals surface area contributed by atoms with E-state index in [1.54, 1.807) is 4.57 Å². The molecule has 126 valence electrons. The Balaban J connectivity index is 1.95. The number of carboxylic acid groups (broad SMARTS) is 1. The summed E-state index contributed by atoms with van der Waals surface area (Å²) in [5.41, 5.74) is -0.425. The van der Waals surface area contributed by atoms with Crippen molar-refractivity contribution in [1.29, 1.82) is 0 Å². The summed E-state index contributed by atoms with van der Waals surface area (Å²) in [4.78, 5) is 28.1. The van der Waals surface area contributed by atoms with E-state index in [1.807, 2.05) is 0 Å². The molecule has 2 fully saturated rings. The number of carbonyl (C=O) groups is 1. The van der Waals surface area contributed by atoms with E-state index in [9.17, 15) is 19.1 Å². The summed E-state index contributed by atoms with van der Waals surface area (Å²) in [7, 11) is 0. The number of pyridine rings is 2. The zero-order valence-corrected chi connectivity index (χ0v) is 12.9. The predicted octanol–water partition coefficient (Wildman–Crippen LogP) is 0.803. The molecule has 3 N–H and O–H groups in total. The molecule has 0 spiro atoms. The van der Waals surface area contributed by atoms with E-state index in [0.29, 0.717) is 18.7 Å². The fourth-order valence-corrected chi connectivity index (χ4v) is 3.14. The van der Waals surface area contributed by atoms with Gasteiger partial charge in [-0.05, 0) is 18.9 Å². The smallest absolute Gasteiger partial charge is 0.341 e. The number of carboxylic acids is 1. The van der Waals surface area contributed by atoms with Gasteiger partial charge in [0.05, 0.1) is 17.1 Å². The van der Waals surface area contributed by atoms with Gasteiger partial charge in [-0.1, -0.05) is 0 Å². The summed E-state index contributed by atoms with van der Waals surface area (Å²) in [6.07, 6.45) is 3.13. The van der Waals surface area contributed by atoms with Crippen molar-refractivity contribution in [3.05, 3.63) is 39.6 Å². The van der Waals surface area contributed by atoms with Crippen LogP contribution in [0, 0.1) is 5.82 Å². The first-order valence-corrected chi connectivity index (χ1v) is 7.99. The minimum atomic E-state index is -1.31. The highest BCUT2D eigenvalue weighted by Gasteiger charge is 2.29. The number of piperazine rings is 1. The summed E-state index contributed by atoms with van der Waals surface area (Å²) < 4.78 is 16.2. The number of rotatable bonds is 3. The molecular weight excluding hydrogens is 315 g/mol. The molecule has 1 atom stereocenters. The minimum absolute atomic E-state index is 0.0202. The van der Waals surface area contributed by atoms with Crippen molar-refractivity contribution in [2.45, 2.75) is 24.9 Å². The number of hydrogen-bond acceptors (Lipinski definition) is 5. The van der Waals surface area contributed by atoms with Crippen LogP contribution in [0.25, 0.3) is 11.0 Å². The zero-order valence-electron chi connectivity index (χ0n) is 12.9. The van der Waals surface area contributed by atoms with Crippen LogP contribution in [0.15, 0.2) is 17.1 Å². The van der Waals surface area contributed by atoms with Crippen LogP contribution in [0.3, 0.4) is 0 Å². The van der Waals surface area contributed by atoms with Gasteiger partial charge in [-0.3, -0.25) is 4.79 Å². The number of aromatic carboxylic acids is 1. The molecular formula is C16H17FN4O3.